The molecule has 1 aromatic heterocycles. The van der Waals surface area contributed by atoms with Crippen molar-refractivity contribution in [2.75, 3.05) is 0 Å². The highest BCUT2D eigenvalue weighted by atomic mass is 14.9. The summed E-state index contributed by atoms with van der Waals surface area (Å²) in [6, 6.07) is 10.9. The van der Waals surface area contributed by atoms with Crippen LogP contribution in [0.3, 0.4) is 0 Å². The molecule has 1 atom stereocenters. The summed E-state index contributed by atoms with van der Waals surface area (Å²) in [5.74, 6) is 0. The minimum Gasteiger partial charge on any atom is -0.309 e. The molecule has 0 fully saturated rings. The normalized spacial score (nSPS) is 12.2. The lowest BCUT2D eigenvalue weighted by Crippen LogP contribution is -2.27. The number of aromatic nitrogens is 1. The van der Waals surface area contributed by atoms with E-state index < -0.39 is 0 Å². The van der Waals surface area contributed by atoms with Crippen LogP contribution in [-0.2, 0) is 6.54 Å². The van der Waals surface area contributed by atoms with Crippen molar-refractivity contribution in [3.8, 4) is 6.07 Å². The van der Waals surface area contributed by atoms with Crippen LogP contribution in [0.5, 0.6) is 0 Å². The van der Waals surface area contributed by atoms with E-state index in [0.717, 1.165) is 18.4 Å². The Morgan fingerprint density at radius 1 is 1.33 bits per heavy atom. The monoisotopic (exact) mass is 239 g/mol. The molecule has 92 valence electrons. The summed E-state index contributed by atoms with van der Waals surface area (Å²) < 4.78 is 0. The maximum Gasteiger partial charge on any atom is 0.0638 e. The second-order valence-electron chi connectivity index (χ2n) is 4.41. The van der Waals surface area contributed by atoms with Gasteiger partial charge in [-0.2, -0.15) is 5.26 Å². The molecule has 0 aliphatic carbocycles. The van der Waals surface area contributed by atoms with E-state index in [9.17, 15) is 0 Å². The van der Waals surface area contributed by atoms with E-state index in [4.69, 9.17) is 5.26 Å². The summed E-state index contributed by atoms with van der Waals surface area (Å²) in [5.41, 5.74) is 1.24. The molecule has 1 unspecified atom stereocenters. The first-order chi connectivity index (χ1) is 8.83. The van der Waals surface area contributed by atoms with Crippen molar-refractivity contribution in [3.63, 3.8) is 0 Å². The van der Waals surface area contributed by atoms with Crippen molar-refractivity contribution < 1.29 is 0 Å². The Hall–Kier alpha value is -1.92. The number of benzene rings is 1. The van der Waals surface area contributed by atoms with Crippen molar-refractivity contribution >= 4 is 10.8 Å². The van der Waals surface area contributed by atoms with Gasteiger partial charge in [-0.3, -0.25) is 4.98 Å². The molecular weight excluding hydrogens is 222 g/mol. The van der Waals surface area contributed by atoms with Gasteiger partial charge in [-0.25, -0.2) is 0 Å². The van der Waals surface area contributed by atoms with Crippen LogP contribution in [0, 0.1) is 11.3 Å². The minimum absolute atomic E-state index is 0.281. The number of hydrogen-bond acceptors (Lipinski definition) is 3. The molecule has 1 heterocycles. The van der Waals surface area contributed by atoms with Gasteiger partial charge >= 0.3 is 0 Å². The van der Waals surface area contributed by atoms with Crippen LogP contribution in [0.1, 0.15) is 25.3 Å². The maximum atomic E-state index is 8.71. The van der Waals surface area contributed by atoms with Crippen molar-refractivity contribution in [1.29, 1.82) is 5.26 Å². The lowest BCUT2D eigenvalue weighted by atomic mass is 10.1. The van der Waals surface area contributed by atoms with E-state index in [-0.39, 0.29) is 6.04 Å². The second-order valence-corrected chi connectivity index (χ2v) is 4.41. The van der Waals surface area contributed by atoms with Crippen molar-refractivity contribution in [2.45, 2.75) is 32.4 Å². The lowest BCUT2D eigenvalue weighted by molar-refractivity contribution is 0.505. The summed E-state index contributed by atoms with van der Waals surface area (Å²) in [6.07, 6.45) is 5.22. The number of nitriles is 1. The van der Waals surface area contributed by atoms with E-state index in [1.165, 1.54) is 10.9 Å². The zero-order chi connectivity index (χ0) is 12.8. The Kier molecular flexibility index (Phi) is 4.27. The van der Waals surface area contributed by atoms with E-state index >= 15 is 0 Å². The number of rotatable bonds is 5. The molecule has 0 amide bonds. The smallest absolute Gasteiger partial charge is 0.0638 e. The molecule has 0 aliphatic rings. The number of hydrogen-bond donors (Lipinski definition) is 1. The molecule has 2 aromatic rings. The van der Waals surface area contributed by atoms with Crippen LogP contribution in [0.2, 0.25) is 0 Å². The van der Waals surface area contributed by atoms with E-state index in [2.05, 4.69) is 41.5 Å². The van der Waals surface area contributed by atoms with Crippen LogP contribution in [0.4, 0.5) is 0 Å². The van der Waals surface area contributed by atoms with Crippen LogP contribution in [-0.4, -0.2) is 11.0 Å². The molecule has 18 heavy (non-hydrogen) atoms. The zero-order valence-corrected chi connectivity index (χ0v) is 10.6. The Labute approximate surface area is 107 Å². The van der Waals surface area contributed by atoms with Gasteiger partial charge in [0.15, 0.2) is 0 Å². The fourth-order valence-corrected chi connectivity index (χ4v) is 1.98. The third-order valence-corrected chi connectivity index (χ3v) is 3.13. The molecule has 0 saturated carbocycles. The van der Waals surface area contributed by atoms with Gasteiger partial charge in [0.2, 0.25) is 0 Å². The number of nitrogens with one attached hydrogen (secondary N) is 1. The lowest BCUT2D eigenvalue weighted by Gasteiger charge is -2.13. The Bertz CT molecular complexity index is 557. The molecule has 3 heteroatoms. The molecule has 0 radical (unpaired) electrons. The Balaban J connectivity index is 2.06. The molecule has 1 N–H and O–H groups in total. The fraction of sp³-hybridized carbons (Fsp3) is 0.333. The van der Waals surface area contributed by atoms with E-state index in [1.807, 2.05) is 18.5 Å². The third kappa shape index (κ3) is 3.06. The quantitative estimate of drug-likeness (QED) is 0.872. The summed E-state index contributed by atoms with van der Waals surface area (Å²) >= 11 is 0. The fourth-order valence-electron chi connectivity index (χ4n) is 1.98. The molecular formula is C15H17N3. The van der Waals surface area contributed by atoms with Gasteiger partial charge in [0, 0.05) is 30.4 Å². The van der Waals surface area contributed by atoms with Crippen molar-refractivity contribution in [1.82, 2.24) is 10.3 Å². The molecule has 3 nitrogen and oxygen atoms in total. The van der Waals surface area contributed by atoms with Crippen LogP contribution in [0.15, 0.2) is 36.7 Å². The topological polar surface area (TPSA) is 48.7 Å². The number of fused-ring (bicyclic) bond motifs is 1. The molecule has 0 spiro atoms. The SMILES string of the molecule is CCC(CC#N)NCc1ccc2cnccc2c1. The second kappa shape index (κ2) is 6.13. The standard InChI is InChI=1S/C15H17N3/c1-2-15(5-7-16)18-10-12-3-4-14-11-17-8-6-13(14)9-12/h3-4,6,8-9,11,15,18H,2,5,10H2,1H3. The third-order valence-electron chi connectivity index (χ3n) is 3.13. The molecule has 0 saturated heterocycles. The predicted octanol–water partition coefficient (Wildman–Crippen LogP) is 3.02. The average molecular weight is 239 g/mol. The first-order valence-corrected chi connectivity index (χ1v) is 6.26. The summed E-state index contributed by atoms with van der Waals surface area (Å²) in [4.78, 5) is 4.10. The highest BCUT2D eigenvalue weighted by molar-refractivity contribution is 5.81. The van der Waals surface area contributed by atoms with Gasteiger partial charge in [0.25, 0.3) is 0 Å². The molecule has 1 aromatic carbocycles. The van der Waals surface area contributed by atoms with Crippen LogP contribution >= 0.6 is 0 Å². The molecule has 0 aliphatic heterocycles. The Morgan fingerprint density at radius 3 is 3.00 bits per heavy atom. The molecule has 2 rings (SSSR count). The Morgan fingerprint density at radius 2 is 2.22 bits per heavy atom. The van der Waals surface area contributed by atoms with Gasteiger partial charge in [-0.1, -0.05) is 19.1 Å². The van der Waals surface area contributed by atoms with E-state index in [1.54, 1.807) is 0 Å². The first kappa shape index (κ1) is 12.5. The van der Waals surface area contributed by atoms with Gasteiger partial charge in [-0.05, 0) is 29.5 Å². The van der Waals surface area contributed by atoms with Gasteiger partial charge < -0.3 is 5.32 Å². The van der Waals surface area contributed by atoms with Crippen LogP contribution < -0.4 is 5.32 Å². The summed E-state index contributed by atoms with van der Waals surface area (Å²) in [6.45, 7) is 2.90. The number of pyridine rings is 1. The van der Waals surface area contributed by atoms with Gasteiger partial charge in [0.1, 0.15) is 0 Å². The largest absolute Gasteiger partial charge is 0.309 e. The average Bonchev–Trinajstić information content (AvgIpc) is 2.43. The van der Waals surface area contributed by atoms with E-state index in [0.29, 0.717) is 6.42 Å². The van der Waals surface area contributed by atoms with Crippen LogP contribution in [0.25, 0.3) is 10.8 Å². The zero-order valence-electron chi connectivity index (χ0n) is 10.6. The number of nitrogens with zero attached hydrogens (tertiary/aromatic N) is 2. The van der Waals surface area contributed by atoms with Gasteiger partial charge in [0.05, 0.1) is 12.5 Å². The first-order valence-electron chi connectivity index (χ1n) is 6.26. The predicted molar refractivity (Wildman–Crippen MR) is 72.9 cm³/mol. The maximum absolute atomic E-state index is 8.71. The highest BCUT2D eigenvalue weighted by Crippen LogP contribution is 2.14. The van der Waals surface area contributed by atoms with Crippen molar-refractivity contribution in [2.24, 2.45) is 0 Å². The minimum atomic E-state index is 0.281. The summed E-state index contributed by atoms with van der Waals surface area (Å²) in [7, 11) is 0. The summed E-state index contributed by atoms with van der Waals surface area (Å²) in [5, 5.41) is 14.5. The molecule has 0 bridgehead atoms. The van der Waals surface area contributed by atoms with Crippen molar-refractivity contribution in [3.05, 3.63) is 42.2 Å². The van der Waals surface area contributed by atoms with Gasteiger partial charge in [-0.15, -0.1) is 0 Å². The highest BCUT2D eigenvalue weighted by Gasteiger charge is 2.04.